The molecular formula is C15H23NO6. The highest BCUT2D eigenvalue weighted by Gasteiger charge is 2.45. The van der Waals surface area contributed by atoms with Gasteiger partial charge in [-0.2, -0.15) is 0 Å². The van der Waals surface area contributed by atoms with Gasteiger partial charge >= 0.3 is 0 Å². The first-order chi connectivity index (χ1) is 10.3. The van der Waals surface area contributed by atoms with Gasteiger partial charge < -0.3 is 14.6 Å². The number of hydrogen-bond donors (Lipinski definition) is 2. The van der Waals surface area contributed by atoms with Crippen LogP contribution < -0.4 is 5.32 Å². The van der Waals surface area contributed by atoms with Crippen molar-refractivity contribution < 1.29 is 29.0 Å². The van der Waals surface area contributed by atoms with Gasteiger partial charge in [0.1, 0.15) is 19.0 Å². The molecule has 0 aromatic rings. The van der Waals surface area contributed by atoms with Gasteiger partial charge in [0, 0.05) is 24.7 Å². The maximum absolute atomic E-state index is 12.4. The Labute approximate surface area is 129 Å². The number of rotatable bonds is 4. The van der Waals surface area contributed by atoms with E-state index in [9.17, 15) is 19.5 Å². The molecule has 7 heteroatoms. The van der Waals surface area contributed by atoms with Crippen molar-refractivity contribution in [1.29, 1.82) is 0 Å². The molecule has 22 heavy (non-hydrogen) atoms. The predicted molar refractivity (Wildman–Crippen MR) is 75.5 cm³/mol. The van der Waals surface area contributed by atoms with Gasteiger partial charge in [-0.1, -0.05) is 20.8 Å². The minimum Gasteiger partial charge on any atom is -0.387 e. The summed E-state index contributed by atoms with van der Waals surface area (Å²) in [6.45, 7) is 5.52. The average molecular weight is 313 g/mol. The molecule has 2 fully saturated rings. The van der Waals surface area contributed by atoms with E-state index in [0.717, 1.165) is 0 Å². The molecule has 2 heterocycles. The van der Waals surface area contributed by atoms with E-state index in [2.05, 4.69) is 5.32 Å². The van der Waals surface area contributed by atoms with Gasteiger partial charge in [-0.05, 0) is 5.92 Å². The molecule has 2 amide bonds. The summed E-state index contributed by atoms with van der Waals surface area (Å²) in [7, 11) is 0. The molecule has 2 unspecified atom stereocenters. The van der Waals surface area contributed by atoms with Crippen molar-refractivity contribution in [2.75, 3.05) is 6.79 Å². The molecule has 2 aliphatic heterocycles. The van der Waals surface area contributed by atoms with Crippen LogP contribution in [0.4, 0.5) is 0 Å². The number of ketones is 1. The predicted octanol–water partition coefficient (Wildman–Crippen LogP) is 0.00280. The number of carbonyl (C=O) groups excluding carboxylic acids is 3. The number of aliphatic hydroxyl groups is 1. The Kier molecular flexibility index (Phi) is 5.31. The fourth-order valence-corrected chi connectivity index (χ4v) is 2.85. The van der Waals surface area contributed by atoms with E-state index in [1.54, 1.807) is 6.92 Å². The number of Topliss-reactive ketones (excluding diaryl/α,β-unsaturated/α-hetero) is 1. The van der Waals surface area contributed by atoms with Crippen LogP contribution in [0.5, 0.6) is 0 Å². The fraction of sp³-hybridized carbons (Fsp3) is 0.800. The summed E-state index contributed by atoms with van der Waals surface area (Å²) in [6, 6.07) is 0. The lowest BCUT2D eigenvalue weighted by Crippen LogP contribution is -2.56. The van der Waals surface area contributed by atoms with Gasteiger partial charge in [0.25, 0.3) is 0 Å². The summed E-state index contributed by atoms with van der Waals surface area (Å²) < 4.78 is 10.7. The van der Waals surface area contributed by atoms with Crippen molar-refractivity contribution in [2.24, 2.45) is 17.8 Å². The number of ether oxygens (including phenoxy) is 2. The summed E-state index contributed by atoms with van der Waals surface area (Å²) in [4.78, 5) is 35.4. The zero-order valence-corrected chi connectivity index (χ0v) is 13.1. The van der Waals surface area contributed by atoms with Gasteiger partial charge in [0.05, 0.1) is 6.10 Å². The second-order valence-electron chi connectivity index (χ2n) is 6.40. The molecule has 0 saturated carbocycles. The molecule has 0 aliphatic carbocycles. The van der Waals surface area contributed by atoms with Crippen molar-refractivity contribution in [1.82, 2.24) is 5.32 Å². The van der Waals surface area contributed by atoms with Crippen LogP contribution in [0.25, 0.3) is 0 Å². The Morgan fingerprint density at radius 2 is 1.77 bits per heavy atom. The molecule has 2 aliphatic rings. The zero-order valence-electron chi connectivity index (χ0n) is 13.1. The smallest absolute Gasteiger partial charge is 0.226 e. The van der Waals surface area contributed by atoms with E-state index in [4.69, 9.17) is 9.47 Å². The molecule has 0 bridgehead atoms. The Balaban J connectivity index is 2.09. The maximum Gasteiger partial charge on any atom is 0.226 e. The SMILES string of the molecule is CC(C)[C@H](C)C(=O)C1OCOC(C2CC(=O)NC(=O)C2)[C@@H]1O. The van der Waals surface area contributed by atoms with E-state index in [1.165, 1.54) is 0 Å². The lowest BCUT2D eigenvalue weighted by atomic mass is 9.82. The fourth-order valence-electron chi connectivity index (χ4n) is 2.85. The summed E-state index contributed by atoms with van der Waals surface area (Å²) in [6.07, 6.45) is -2.72. The Morgan fingerprint density at radius 3 is 2.32 bits per heavy atom. The van der Waals surface area contributed by atoms with E-state index >= 15 is 0 Å². The topological polar surface area (TPSA) is 102 Å². The molecule has 7 nitrogen and oxygen atoms in total. The van der Waals surface area contributed by atoms with Crippen molar-refractivity contribution in [3.8, 4) is 0 Å². The lowest BCUT2D eigenvalue weighted by molar-refractivity contribution is -0.241. The number of carbonyl (C=O) groups is 3. The second kappa shape index (κ2) is 6.85. The van der Waals surface area contributed by atoms with Crippen LogP contribution in [0.3, 0.4) is 0 Å². The number of imide groups is 1. The van der Waals surface area contributed by atoms with Crippen molar-refractivity contribution >= 4 is 17.6 Å². The van der Waals surface area contributed by atoms with Gasteiger partial charge in [0.2, 0.25) is 11.8 Å². The van der Waals surface area contributed by atoms with Crippen LogP contribution in [0.2, 0.25) is 0 Å². The molecule has 124 valence electrons. The highest BCUT2D eigenvalue weighted by Crippen LogP contribution is 2.29. The molecule has 4 atom stereocenters. The monoisotopic (exact) mass is 313 g/mol. The number of amides is 2. The highest BCUT2D eigenvalue weighted by molar-refractivity contribution is 5.97. The molecule has 2 saturated heterocycles. The van der Waals surface area contributed by atoms with Crippen molar-refractivity contribution in [3.05, 3.63) is 0 Å². The average Bonchev–Trinajstić information content (AvgIpc) is 2.44. The summed E-state index contributed by atoms with van der Waals surface area (Å²) in [5.74, 6) is -1.52. The van der Waals surface area contributed by atoms with E-state index in [-0.39, 0.29) is 49.1 Å². The van der Waals surface area contributed by atoms with Crippen LogP contribution >= 0.6 is 0 Å². The number of piperidine rings is 1. The maximum atomic E-state index is 12.4. The first kappa shape index (κ1) is 17.1. The highest BCUT2D eigenvalue weighted by atomic mass is 16.7. The minimum atomic E-state index is -1.17. The number of nitrogens with one attached hydrogen (secondary N) is 1. The van der Waals surface area contributed by atoms with Crippen LogP contribution in [0.15, 0.2) is 0 Å². The number of aliphatic hydroxyl groups excluding tert-OH is 1. The summed E-state index contributed by atoms with van der Waals surface area (Å²) in [5, 5.41) is 12.7. The standard InChI is InChI=1S/C15H23NO6/c1-7(2)8(3)12(19)15-13(20)14(21-6-22-15)9-4-10(17)16-11(18)5-9/h7-9,13-15,20H,4-6H2,1-3H3,(H,16,17,18)/t8-,13-,14?,15?/m0/s1. The largest absolute Gasteiger partial charge is 0.387 e. The van der Waals surface area contributed by atoms with E-state index < -0.39 is 24.2 Å². The molecule has 0 aromatic heterocycles. The second-order valence-corrected chi connectivity index (χ2v) is 6.40. The Bertz CT molecular complexity index is 447. The zero-order chi connectivity index (χ0) is 16.4. The summed E-state index contributed by atoms with van der Waals surface area (Å²) in [5.41, 5.74) is 0. The Hall–Kier alpha value is -1.31. The Morgan fingerprint density at radius 1 is 1.18 bits per heavy atom. The minimum absolute atomic E-state index is 0.0914. The molecular weight excluding hydrogens is 290 g/mol. The van der Waals surface area contributed by atoms with Crippen LogP contribution in [-0.4, -0.2) is 47.8 Å². The molecule has 2 rings (SSSR count). The molecule has 0 radical (unpaired) electrons. The van der Waals surface area contributed by atoms with Crippen LogP contribution in [0.1, 0.15) is 33.6 Å². The van der Waals surface area contributed by atoms with Crippen molar-refractivity contribution in [3.63, 3.8) is 0 Å². The van der Waals surface area contributed by atoms with Crippen LogP contribution in [-0.2, 0) is 23.9 Å². The third-order valence-electron chi connectivity index (χ3n) is 4.52. The van der Waals surface area contributed by atoms with E-state index in [1.807, 2.05) is 13.8 Å². The first-order valence-electron chi connectivity index (χ1n) is 7.59. The molecule has 0 aromatic carbocycles. The van der Waals surface area contributed by atoms with Gasteiger partial charge in [-0.25, -0.2) is 0 Å². The van der Waals surface area contributed by atoms with Crippen LogP contribution in [0, 0.1) is 17.8 Å². The van der Waals surface area contributed by atoms with Gasteiger partial charge in [0.15, 0.2) is 5.78 Å². The summed E-state index contributed by atoms with van der Waals surface area (Å²) >= 11 is 0. The quantitative estimate of drug-likeness (QED) is 0.709. The number of hydrogen-bond acceptors (Lipinski definition) is 6. The lowest BCUT2D eigenvalue weighted by Gasteiger charge is -2.39. The third kappa shape index (κ3) is 3.53. The van der Waals surface area contributed by atoms with Crippen molar-refractivity contribution in [2.45, 2.75) is 51.9 Å². The molecule has 0 spiro atoms. The molecule has 2 N–H and O–H groups in total. The van der Waals surface area contributed by atoms with Gasteiger partial charge in [-0.3, -0.25) is 19.7 Å². The normalized spacial score (nSPS) is 32.0. The first-order valence-corrected chi connectivity index (χ1v) is 7.59. The van der Waals surface area contributed by atoms with E-state index in [0.29, 0.717) is 0 Å². The third-order valence-corrected chi connectivity index (χ3v) is 4.52. The van der Waals surface area contributed by atoms with Gasteiger partial charge in [-0.15, -0.1) is 0 Å².